The largest absolute Gasteiger partial charge is 0.448 e. The Bertz CT molecular complexity index is 1510. The summed E-state index contributed by atoms with van der Waals surface area (Å²) >= 11 is 0. The van der Waals surface area contributed by atoms with Crippen LogP contribution in [0.3, 0.4) is 0 Å². The molecule has 5 nitrogen and oxygen atoms in total. The van der Waals surface area contributed by atoms with Crippen molar-refractivity contribution in [2.75, 3.05) is 13.7 Å². The number of rotatable bonds is 7. The van der Waals surface area contributed by atoms with Crippen LogP contribution in [0.2, 0.25) is 0 Å². The highest BCUT2D eigenvalue weighted by atomic mass is 19.1. The molecule has 1 atom stereocenters. The summed E-state index contributed by atoms with van der Waals surface area (Å²) < 4.78 is 21.8. The molecule has 0 saturated carbocycles. The molecule has 0 aliphatic heterocycles. The number of likely N-dealkylation sites (N-methyl/N-ethyl adjacent to an activating group) is 1. The maximum Gasteiger partial charge on any atom is 0.409 e. The molecule has 39 heavy (non-hydrogen) atoms. The quantitative estimate of drug-likeness (QED) is 0.267. The van der Waals surface area contributed by atoms with Crippen LogP contribution >= 0.6 is 0 Å². The maximum absolute atomic E-state index is 13.7. The van der Waals surface area contributed by atoms with Crippen LogP contribution in [0.4, 0.5) is 9.18 Å². The molecule has 2 aromatic carbocycles. The Morgan fingerprint density at radius 1 is 1.13 bits per heavy atom. The van der Waals surface area contributed by atoms with Gasteiger partial charge in [0.1, 0.15) is 12.4 Å². The molecule has 6 rings (SSSR count). The van der Waals surface area contributed by atoms with Gasteiger partial charge in [-0.15, -0.1) is 0 Å². The van der Waals surface area contributed by atoms with Crippen LogP contribution in [-0.2, 0) is 24.1 Å². The first kappa shape index (κ1) is 25.1. The van der Waals surface area contributed by atoms with Gasteiger partial charge in [0, 0.05) is 43.6 Å². The van der Waals surface area contributed by atoms with Gasteiger partial charge in [-0.3, -0.25) is 4.98 Å². The number of benzene rings is 2. The standard InChI is InChI=1S/C33H32FN3O2/c1-22(15-24-20-37(32-14-8-7-9-26(24)32)19-23-16-25(34)18-35-17-23)36(2)33(38)39-21-31-29-12-5-3-10-27(29)28-11-4-6-13-30(28)31/h3-7,9-13,16-18,20,22,31H,8,14-15,19,21H2,1-2H3. The number of carbonyl (C=O) groups is 1. The van der Waals surface area contributed by atoms with E-state index in [0.717, 1.165) is 18.4 Å². The zero-order chi connectivity index (χ0) is 26.9. The number of carbonyl (C=O) groups excluding carboxylic acids is 1. The van der Waals surface area contributed by atoms with Crippen molar-refractivity contribution in [3.05, 3.63) is 119 Å². The van der Waals surface area contributed by atoms with Gasteiger partial charge in [0.2, 0.25) is 0 Å². The highest BCUT2D eigenvalue weighted by molar-refractivity contribution is 5.79. The predicted octanol–water partition coefficient (Wildman–Crippen LogP) is 6.84. The van der Waals surface area contributed by atoms with E-state index in [1.165, 1.54) is 51.3 Å². The molecule has 1 amide bonds. The third-order valence-electron chi connectivity index (χ3n) is 8.06. The van der Waals surface area contributed by atoms with Crippen LogP contribution in [0.25, 0.3) is 17.2 Å². The third-order valence-corrected chi connectivity index (χ3v) is 8.06. The maximum atomic E-state index is 13.7. The molecule has 2 aliphatic rings. The number of hydrogen-bond acceptors (Lipinski definition) is 3. The number of hydrogen-bond donors (Lipinski definition) is 0. The van der Waals surface area contributed by atoms with Crippen LogP contribution in [-0.4, -0.2) is 40.2 Å². The average Bonchev–Trinajstić information content (AvgIpc) is 3.46. The van der Waals surface area contributed by atoms with E-state index in [1.807, 2.05) is 19.1 Å². The van der Waals surface area contributed by atoms with E-state index < -0.39 is 0 Å². The second-order valence-corrected chi connectivity index (χ2v) is 10.6. The lowest BCUT2D eigenvalue weighted by molar-refractivity contribution is 0.0970. The van der Waals surface area contributed by atoms with Crippen molar-refractivity contribution in [3.63, 3.8) is 0 Å². The highest BCUT2D eigenvalue weighted by Gasteiger charge is 2.30. The van der Waals surface area contributed by atoms with Crippen molar-refractivity contribution in [3.8, 4) is 11.1 Å². The molecule has 2 aliphatic carbocycles. The number of aromatic nitrogens is 2. The van der Waals surface area contributed by atoms with Crippen LogP contribution in [0.15, 0.2) is 79.3 Å². The normalized spacial score (nSPS) is 14.4. The minimum atomic E-state index is -0.327. The van der Waals surface area contributed by atoms with E-state index in [2.05, 4.69) is 64.3 Å². The fourth-order valence-electron chi connectivity index (χ4n) is 5.95. The Morgan fingerprint density at radius 2 is 1.85 bits per heavy atom. The summed E-state index contributed by atoms with van der Waals surface area (Å²) in [7, 11) is 1.81. The third kappa shape index (κ3) is 4.87. The molecule has 0 bridgehead atoms. The van der Waals surface area contributed by atoms with Gasteiger partial charge in [-0.1, -0.05) is 60.7 Å². The van der Waals surface area contributed by atoms with Crippen molar-refractivity contribution in [2.24, 2.45) is 0 Å². The number of pyridine rings is 1. The SMILES string of the molecule is CC(Cc1cn(Cc2cncc(F)c2)c2c1C=CCC2)N(C)C(=O)OCC1c2ccccc2-c2ccccc21. The number of halogens is 1. The fourth-order valence-corrected chi connectivity index (χ4v) is 5.95. The van der Waals surface area contributed by atoms with Crippen LogP contribution in [0.1, 0.15) is 52.8 Å². The second-order valence-electron chi connectivity index (χ2n) is 10.6. The van der Waals surface area contributed by atoms with Crippen LogP contribution < -0.4 is 0 Å². The van der Waals surface area contributed by atoms with E-state index in [-0.39, 0.29) is 23.9 Å². The Kier molecular flexibility index (Phi) is 6.77. The number of fused-ring (bicyclic) bond motifs is 4. The zero-order valence-electron chi connectivity index (χ0n) is 22.3. The molecule has 4 aromatic rings. The van der Waals surface area contributed by atoms with E-state index in [0.29, 0.717) is 19.6 Å². The van der Waals surface area contributed by atoms with Gasteiger partial charge < -0.3 is 14.2 Å². The van der Waals surface area contributed by atoms with Gasteiger partial charge in [0.25, 0.3) is 0 Å². The Balaban J connectivity index is 1.15. The first-order valence-electron chi connectivity index (χ1n) is 13.5. The fraction of sp³-hybridized carbons (Fsp3) is 0.273. The van der Waals surface area contributed by atoms with Gasteiger partial charge in [0.05, 0.1) is 6.20 Å². The molecule has 0 fully saturated rings. The molecule has 0 saturated heterocycles. The zero-order valence-corrected chi connectivity index (χ0v) is 22.3. The molecule has 2 aromatic heterocycles. The molecule has 198 valence electrons. The average molecular weight is 522 g/mol. The van der Waals surface area contributed by atoms with Crippen molar-refractivity contribution in [1.29, 1.82) is 0 Å². The molecular formula is C33H32FN3O2. The van der Waals surface area contributed by atoms with Crippen LogP contribution in [0.5, 0.6) is 0 Å². The van der Waals surface area contributed by atoms with Crippen molar-refractivity contribution < 1.29 is 13.9 Å². The molecule has 6 heteroatoms. The second kappa shape index (κ2) is 10.5. The summed E-state index contributed by atoms with van der Waals surface area (Å²) in [6.07, 6.45) is 11.7. The molecule has 2 heterocycles. The predicted molar refractivity (Wildman–Crippen MR) is 151 cm³/mol. The van der Waals surface area contributed by atoms with E-state index >= 15 is 0 Å². The summed E-state index contributed by atoms with van der Waals surface area (Å²) in [5.74, 6) is -0.291. The first-order chi connectivity index (χ1) is 19.0. The molecular weight excluding hydrogens is 489 g/mol. The number of allylic oxidation sites excluding steroid dienone is 1. The molecule has 1 unspecified atom stereocenters. The van der Waals surface area contributed by atoms with Gasteiger partial charge in [-0.05, 0) is 71.2 Å². The number of ether oxygens (including phenoxy) is 1. The van der Waals surface area contributed by atoms with E-state index in [1.54, 1.807) is 18.1 Å². The Morgan fingerprint density at radius 3 is 2.56 bits per heavy atom. The summed E-state index contributed by atoms with van der Waals surface area (Å²) in [6, 6.07) is 18.2. The lowest BCUT2D eigenvalue weighted by Crippen LogP contribution is -2.37. The van der Waals surface area contributed by atoms with E-state index in [4.69, 9.17) is 4.74 Å². The summed E-state index contributed by atoms with van der Waals surface area (Å²) in [5.41, 5.74) is 9.30. The Labute approximate surface area is 228 Å². The summed E-state index contributed by atoms with van der Waals surface area (Å²) in [4.78, 5) is 18.9. The van der Waals surface area contributed by atoms with Crippen molar-refractivity contribution in [1.82, 2.24) is 14.5 Å². The minimum Gasteiger partial charge on any atom is -0.448 e. The van der Waals surface area contributed by atoms with Gasteiger partial charge in [-0.2, -0.15) is 0 Å². The topological polar surface area (TPSA) is 47.4 Å². The van der Waals surface area contributed by atoms with Crippen molar-refractivity contribution >= 4 is 12.2 Å². The lowest BCUT2D eigenvalue weighted by Gasteiger charge is -2.25. The van der Waals surface area contributed by atoms with Crippen LogP contribution in [0, 0.1) is 5.82 Å². The van der Waals surface area contributed by atoms with Gasteiger partial charge in [0.15, 0.2) is 0 Å². The van der Waals surface area contributed by atoms with Gasteiger partial charge >= 0.3 is 6.09 Å². The highest BCUT2D eigenvalue weighted by Crippen LogP contribution is 2.44. The molecule has 0 radical (unpaired) electrons. The monoisotopic (exact) mass is 521 g/mol. The summed E-state index contributed by atoms with van der Waals surface area (Å²) in [5, 5.41) is 0. The first-order valence-corrected chi connectivity index (χ1v) is 13.5. The number of nitrogens with zero attached hydrogens (tertiary/aromatic N) is 3. The number of amides is 1. The minimum absolute atomic E-state index is 0.0357. The lowest BCUT2D eigenvalue weighted by atomic mass is 9.98. The molecule has 0 N–H and O–H groups in total. The van der Waals surface area contributed by atoms with E-state index in [9.17, 15) is 9.18 Å². The Hall–Kier alpha value is -4.19. The van der Waals surface area contributed by atoms with Crippen molar-refractivity contribution in [2.45, 2.75) is 44.7 Å². The smallest absolute Gasteiger partial charge is 0.409 e. The molecule has 0 spiro atoms. The summed E-state index contributed by atoms with van der Waals surface area (Å²) in [6.45, 7) is 2.92. The van der Waals surface area contributed by atoms with Gasteiger partial charge in [-0.25, -0.2) is 9.18 Å².